The van der Waals surface area contributed by atoms with Gasteiger partial charge < -0.3 is 71.6 Å². The van der Waals surface area contributed by atoms with Crippen LogP contribution in [0, 0.1) is 6.92 Å². The van der Waals surface area contributed by atoms with E-state index in [9.17, 15) is 28.8 Å². The molecule has 0 saturated heterocycles. The van der Waals surface area contributed by atoms with Crippen molar-refractivity contribution in [1.29, 1.82) is 0 Å². The largest absolute Gasteiger partial charge is 0.519 e. The summed E-state index contributed by atoms with van der Waals surface area (Å²) in [6.45, 7) is 44.2. The molecule has 4 amide bonds. The number of aromatic nitrogens is 12. The molecule has 0 spiro atoms. The maximum Gasteiger partial charge on any atom is 0.519 e. The van der Waals surface area contributed by atoms with Gasteiger partial charge in [-0.3, -0.25) is 0 Å². The number of nitrogens with one attached hydrogen (secondary N) is 4. The first-order valence-corrected chi connectivity index (χ1v) is 50.7. The summed E-state index contributed by atoms with van der Waals surface area (Å²) < 4.78 is 34.3. The summed E-state index contributed by atoms with van der Waals surface area (Å²) in [5, 5.41) is 12.7. The van der Waals surface area contributed by atoms with Gasteiger partial charge in [0.2, 0.25) is 31.7 Å². The predicted octanol–water partition coefficient (Wildman–Crippen LogP) is 25.6. The van der Waals surface area contributed by atoms with E-state index < -0.39 is 64.2 Å². The lowest BCUT2D eigenvalue weighted by Gasteiger charge is -2.20. The van der Waals surface area contributed by atoms with E-state index in [1.165, 1.54) is 148 Å². The topological polar surface area (TPSA) is 448 Å². The van der Waals surface area contributed by atoms with Crippen LogP contribution in [0.4, 0.5) is 28.8 Å². The summed E-state index contributed by atoms with van der Waals surface area (Å²) in [5.41, 5.74) is 11.7. The first-order chi connectivity index (χ1) is 60.7. The second-order valence-electron chi connectivity index (χ2n) is 34.7. The third kappa shape index (κ3) is 109. The Morgan fingerprint density at radius 3 is 0.818 bits per heavy atom. The summed E-state index contributed by atoms with van der Waals surface area (Å²) in [4.78, 5) is 116. The molecule has 4 rings (SSSR count). The number of halogens is 8. The zero-order valence-corrected chi connectivity index (χ0v) is 90.3. The molecule has 4 heterocycles. The molecular formula is C89H167Cl8N19O13S3. The molecule has 4 aromatic heterocycles. The van der Waals surface area contributed by atoms with E-state index >= 15 is 0 Å². The maximum absolute atomic E-state index is 11.7. The number of hydrogen-bond acceptors (Lipinski definition) is 31. The van der Waals surface area contributed by atoms with Crippen molar-refractivity contribution in [2.24, 2.45) is 17.2 Å². The van der Waals surface area contributed by atoms with Gasteiger partial charge in [-0.15, -0.1) is 23.2 Å². The average molecular weight is 2090 g/mol. The lowest BCUT2D eigenvalue weighted by molar-refractivity contribution is -0.0295. The molecule has 0 fully saturated rings. The van der Waals surface area contributed by atoms with Crippen molar-refractivity contribution in [2.45, 2.75) is 404 Å². The van der Waals surface area contributed by atoms with Crippen LogP contribution in [0.3, 0.4) is 0 Å². The molecule has 43 heteroatoms. The molecule has 4 aromatic rings. The predicted molar refractivity (Wildman–Crippen MR) is 550 cm³/mol. The minimum atomic E-state index is -1.06. The van der Waals surface area contributed by atoms with Crippen LogP contribution in [-0.2, 0) is 52.4 Å². The Bertz CT molecular complexity index is 3350. The summed E-state index contributed by atoms with van der Waals surface area (Å²) in [6.07, 6.45) is 32.5. The first-order valence-electron chi connectivity index (χ1n) is 44.7. The van der Waals surface area contributed by atoms with Gasteiger partial charge in [0.15, 0.2) is 10.3 Å². The zero-order valence-electron chi connectivity index (χ0n) is 81.7. The van der Waals surface area contributed by atoms with Crippen molar-refractivity contribution < 1.29 is 61.9 Å². The Balaban J connectivity index is -0.000000282. The van der Waals surface area contributed by atoms with Gasteiger partial charge in [-0.1, -0.05) is 194 Å². The Labute approximate surface area is 846 Å². The lowest BCUT2D eigenvalue weighted by Crippen LogP contribution is -2.35. The highest BCUT2D eigenvalue weighted by Crippen LogP contribution is 2.22. The van der Waals surface area contributed by atoms with E-state index in [1.807, 2.05) is 69.2 Å². The Morgan fingerprint density at radius 1 is 0.318 bits per heavy atom. The lowest BCUT2D eigenvalue weighted by atomic mass is 10.1. The molecule has 770 valence electrons. The number of rotatable bonds is 43. The Morgan fingerprint density at radius 2 is 0.553 bits per heavy atom. The SMILES string of the molecule is C.C.CC(C)(C)OC(=O)NCCCc1nc(Cl)nc(Cl)n1.CC(C)(C)OC(=O)NCCN.CC(C)(C)OC(=O)OC(=O)OC(C)(C)C.CCCCCCCCCCS.CCCCCCCCCCSc1nc(C)nc(CCCNC(=O)OC(C)(C)C)n1.CCCCCCCCCCSc1nc(Cl)nc(CCCNC(=O)OC(C)(C)C)n1.ClCCl.Clc1nc(Cl)nc(Cl)n1.NCCN. The summed E-state index contributed by atoms with van der Waals surface area (Å²) in [7, 11) is 0. The normalized spacial score (nSPS) is 10.8. The van der Waals surface area contributed by atoms with Gasteiger partial charge in [-0.25, -0.2) is 63.7 Å². The van der Waals surface area contributed by atoms with Crippen LogP contribution in [0.15, 0.2) is 10.3 Å². The van der Waals surface area contributed by atoms with E-state index in [-0.39, 0.29) is 58.0 Å². The fourth-order valence-corrected chi connectivity index (χ4v) is 12.6. The van der Waals surface area contributed by atoms with Crippen molar-refractivity contribution in [2.75, 3.05) is 68.4 Å². The maximum atomic E-state index is 11.7. The van der Waals surface area contributed by atoms with Gasteiger partial charge in [0, 0.05) is 76.6 Å². The number of ether oxygens (including phenoxy) is 7. The second-order valence-corrected chi connectivity index (χ2v) is 40.1. The molecule has 0 aromatic carbocycles. The number of aryl methyl sites for hydroxylation is 4. The number of unbranched alkanes of at least 4 members (excludes halogenated alkanes) is 21. The van der Waals surface area contributed by atoms with Crippen LogP contribution < -0.4 is 38.5 Å². The number of alkyl carbamates (subject to hydrolysis) is 4. The molecule has 0 aliphatic rings. The number of alkyl halides is 2. The highest BCUT2D eigenvalue weighted by molar-refractivity contribution is 7.99. The van der Waals surface area contributed by atoms with E-state index in [2.05, 4.69) is 119 Å². The van der Waals surface area contributed by atoms with Gasteiger partial charge in [0.25, 0.3) is 0 Å². The molecule has 0 aliphatic heterocycles. The van der Waals surface area contributed by atoms with E-state index in [4.69, 9.17) is 138 Å². The second kappa shape index (κ2) is 86.4. The van der Waals surface area contributed by atoms with Crippen molar-refractivity contribution in [1.82, 2.24) is 81.1 Å². The summed E-state index contributed by atoms with van der Waals surface area (Å²) in [5.74, 6) is 5.82. The van der Waals surface area contributed by atoms with E-state index in [0.29, 0.717) is 94.7 Å². The molecule has 132 heavy (non-hydrogen) atoms. The number of carbonyl (C=O) groups is 6. The van der Waals surface area contributed by atoms with Crippen LogP contribution >= 0.6 is 129 Å². The monoisotopic (exact) mass is 2090 g/mol. The van der Waals surface area contributed by atoms with Gasteiger partial charge in [-0.05, 0) is 245 Å². The first kappa shape index (κ1) is 140. The molecule has 0 unspecified atom stereocenters. The number of hydrogen-bond donors (Lipinski definition) is 8. The van der Waals surface area contributed by atoms with Gasteiger partial charge in [-0.2, -0.15) is 37.5 Å². The minimum Gasteiger partial charge on any atom is -0.444 e. The quantitative estimate of drug-likeness (QED) is 0.00388. The summed E-state index contributed by atoms with van der Waals surface area (Å²) in [6, 6.07) is 0. The van der Waals surface area contributed by atoms with Crippen LogP contribution in [-0.4, -0.2) is 199 Å². The number of thiol groups is 1. The minimum absolute atomic E-state index is 0. The standard InChI is InChI=1S/C22H40N4O2S.C21H37ClN4O2S.C11H16Cl2N4O2.C10H18O5.C10H22S.C7H16N2O2.C3Cl3N3.C2H8N2.CH2Cl2.2CH4/c1-6-7-8-9-10-11-12-13-17-29-20-25-18(2)24-19(26-20)15-14-16-23-21(27)28-22(3,4)5;1-5-6-7-8-9-10-11-12-16-29-19-25-17(24-18(22)26-19)14-13-15-23-20(27)28-21(2,3)4;1-11(2,3)19-10(18)14-6-4-5-7-15-8(12)17-9(13)16-7;1-9(2,3)14-7(11)13-8(12)15-10(4,5)6;1-2-3-4-5-6-7-8-9-10-11;1-7(2,3)11-6(10)9-5-4-8;4-1-7-2(5)9-3(6)8-1;3-1-2-4;2-1-3;;/h6-17H2,1-5H3,(H,23,27);5-16H2,1-4H3,(H,23,27);4-6H2,1-3H3,(H,14,18);1-6H3;11H,2-10H2,1H3;4-5,8H2,1-3H3,(H,9,10);;1-4H2;1H2;2*1H4. The van der Waals surface area contributed by atoms with Gasteiger partial charge in [0.1, 0.15) is 56.9 Å². The van der Waals surface area contributed by atoms with Crippen LogP contribution in [0.25, 0.3) is 0 Å². The Kier molecular flexibility index (Phi) is 91.8. The molecule has 32 nitrogen and oxygen atoms in total. The molecule has 10 N–H and O–H groups in total. The van der Waals surface area contributed by atoms with E-state index in [0.717, 1.165) is 46.9 Å². The highest BCUT2D eigenvalue weighted by atomic mass is 35.5. The number of nitrogens with zero attached hydrogens (tertiary/aromatic N) is 12. The number of thioether (sulfide) groups is 2. The molecule has 0 radical (unpaired) electrons. The van der Waals surface area contributed by atoms with Crippen molar-refractivity contribution in [3.8, 4) is 0 Å². The van der Waals surface area contributed by atoms with E-state index in [1.54, 1.807) is 85.8 Å². The van der Waals surface area contributed by atoms with Crippen molar-refractivity contribution >= 4 is 166 Å². The molecule has 0 saturated carbocycles. The van der Waals surface area contributed by atoms with Crippen molar-refractivity contribution in [3.05, 3.63) is 55.0 Å². The fraction of sp³-hybridized carbons (Fsp3) is 0.798. The molecular weight excluding hydrogens is 1920 g/mol. The highest BCUT2D eigenvalue weighted by Gasteiger charge is 2.25. The number of carbonyl (C=O) groups excluding carboxylic acids is 6. The number of nitrogens with two attached hydrogens (primary N) is 3. The van der Waals surface area contributed by atoms with Crippen LogP contribution in [0.5, 0.6) is 0 Å². The number of amides is 4. The molecule has 0 atom stereocenters. The third-order valence-corrected chi connectivity index (χ3v) is 17.9. The average Bonchev–Trinajstić information content (AvgIpc) is 0.882. The van der Waals surface area contributed by atoms with Crippen molar-refractivity contribution in [3.63, 3.8) is 0 Å². The third-order valence-electron chi connectivity index (χ3n) is 14.7. The van der Waals surface area contributed by atoms with Crippen LogP contribution in [0.1, 0.15) is 357 Å². The van der Waals surface area contributed by atoms with Crippen LogP contribution in [0.2, 0.25) is 31.7 Å². The Hall–Kier alpha value is -4.89. The summed E-state index contributed by atoms with van der Waals surface area (Å²) >= 11 is 50.4. The van der Waals surface area contributed by atoms with Gasteiger partial charge in [0.05, 0.1) is 5.34 Å². The molecule has 0 aliphatic carbocycles. The van der Waals surface area contributed by atoms with Gasteiger partial charge >= 0.3 is 36.7 Å². The molecule has 0 bridgehead atoms. The fourth-order valence-electron chi connectivity index (χ4n) is 9.41. The zero-order chi connectivity index (χ0) is 100. The smallest absolute Gasteiger partial charge is 0.444 e.